The normalized spacial score (nSPS) is 14.9. The number of ether oxygens (including phenoxy) is 2. The number of benzene rings is 1. The molecule has 1 aromatic rings. The lowest BCUT2D eigenvalue weighted by Crippen LogP contribution is -2.09. The summed E-state index contributed by atoms with van der Waals surface area (Å²) >= 11 is 0. The molecule has 0 aliphatic heterocycles. The minimum Gasteiger partial charge on any atom is -0.435 e. The van der Waals surface area contributed by atoms with Crippen molar-refractivity contribution in [2.75, 3.05) is 13.4 Å². The Morgan fingerprint density at radius 2 is 2.00 bits per heavy atom. The Hall–Kier alpha value is -1.35. The maximum absolute atomic E-state index is 11.4. The van der Waals surface area contributed by atoms with E-state index < -0.39 is 0 Å². The van der Waals surface area contributed by atoms with E-state index in [1.165, 1.54) is 12.8 Å². The maximum atomic E-state index is 11.4. The van der Waals surface area contributed by atoms with Crippen LogP contribution in [0.4, 0.5) is 0 Å². The molecular formula is C12H14O3. The quantitative estimate of drug-likeness (QED) is 0.421. The molecule has 0 spiro atoms. The number of carbonyl (C=O) groups excluding carboxylic acids is 1. The highest BCUT2D eigenvalue weighted by molar-refractivity contribution is 5.89. The summed E-state index contributed by atoms with van der Waals surface area (Å²) in [6.45, 7) is 0.770. The Bertz CT molecular complexity index is 317. The van der Waals surface area contributed by atoms with Crippen molar-refractivity contribution < 1.29 is 14.3 Å². The molecule has 0 unspecified atom stereocenters. The molecule has 0 N–H and O–H groups in total. The standard InChI is InChI=1S/C12H14O3/c13-12(11-4-2-1-3-5-11)15-9-14-8-10-6-7-10/h1-5,10H,6-9H2. The van der Waals surface area contributed by atoms with Gasteiger partial charge >= 0.3 is 5.97 Å². The van der Waals surface area contributed by atoms with Crippen molar-refractivity contribution in [3.8, 4) is 0 Å². The Labute approximate surface area is 89.0 Å². The SMILES string of the molecule is O=C(OCOCC1CC1)c1ccccc1. The molecule has 1 aromatic carbocycles. The van der Waals surface area contributed by atoms with Crippen molar-refractivity contribution in [2.45, 2.75) is 12.8 Å². The van der Waals surface area contributed by atoms with Crippen molar-refractivity contribution in [3.63, 3.8) is 0 Å². The van der Waals surface area contributed by atoms with Crippen LogP contribution >= 0.6 is 0 Å². The Morgan fingerprint density at radius 1 is 1.27 bits per heavy atom. The fraction of sp³-hybridized carbons (Fsp3) is 0.417. The van der Waals surface area contributed by atoms with E-state index in [2.05, 4.69) is 0 Å². The molecule has 2 rings (SSSR count). The Kier molecular flexibility index (Phi) is 3.35. The van der Waals surface area contributed by atoms with Gasteiger partial charge in [0.1, 0.15) is 0 Å². The van der Waals surface area contributed by atoms with Crippen LogP contribution in [0.3, 0.4) is 0 Å². The average Bonchev–Trinajstić information content (AvgIpc) is 3.09. The molecule has 0 radical (unpaired) electrons. The third-order valence-corrected chi connectivity index (χ3v) is 2.33. The van der Waals surface area contributed by atoms with Crippen molar-refractivity contribution in [1.82, 2.24) is 0 Å². The summed E-state index contributed by atoms with van der Waals surface area (Å²) in [6.07, 6.45) is 2.49. The molecule has 0 amide bonds. The first-order valence-corrected chi connectivity index (χ1v) is 5.16. The number of rotatable bonds is 5. The topological polar surface area (TPSA) is 35.5 Å². The van der Waals surface area contributed by atoms with Gasteiger partial charge in [-0.15, -0.1) is 0 Å². The first-order valence-electron chi connectivity index (χ1n) is 5.16. The Balaban J connectivity index is 1.67. The van der Waals surface area contributed by atoms with E-state index in [4.69, 9.17) is 9.47 Å². The third kappa shape index (κ3) is 3.36. The summed E-state index contributed by atoms with van der Waals surface area (Å²) in [7, 11) is 0. The van der Waals surface area contributed by atoms with Gasteiger partial charge in [-0.2, -0.15) is 0 Å². The van der Waals surface area contributed by atoms with Gasteiger partial charge in [0.25, 0.3) is 0 Å². The number of hydrogen-bond donors (Lipinski definition) is 0. The van der Waals surface area contributed by atoms with Gasteiger partial charge in [-0.1, -0.05) is 18.2 Å². The minimum absolute atomic E-state index is 0.0597. The molecule has 15 heavy (non-hydrogen) atoms. The van der Waals surface area contributed by atoms with Crippen LogP contribution in [-0.2, 0) is 9.47 Å². The fourth-order valence-corrected chi connectivity index (χ4v) is 1.25. The minimum atomic E-state index is -0.327. The average molecular weight is 206 g/mol. The van der Waals surface area contributed by atoms with E-state index in [1.807, 2.05) is 18.2 Å². The lowest BCUT2D eigenvalue weighted by Gasteiger charge is -2.04. The molecule has 3 heteroatoms. The zero-order valence-corrected chi connectivity index (χ0v) is 8.52. The van der Waals surface area contributed by atoms with E-state index in [0.29, 0.717) is 18.1 Å². The molecular weight excluding hydrogens is 192 g/mol. The maximum Gasteiger partial charge on any atom is 0.340 e. The molecule has 80 valence electrons. The van der Waals surface area contributed by atoms with Gasteiger partial charge in [0.05, 0.1) is 12.2 Å². The summed E-state index contributed by atoms with van der Waals surface area (Å²) in [5, 5.41) is 0. The number of hydrogen-bond acceptors (Lipinski definition) is 3. The molecule has 1 aliphatic carbocycles. The van der Waals surface area contributed by atoms with Gasteiger partial charge in [-0.25, -0.2) is 4.79 Å². The molecule has 0 saturated heterocycles. The molecule has 0 bridgehead atoms. The Morgan fingerprint density at radius 3 is 2.67 bits per heavy atom. The molecule has 1 fully saturated rings. The van der Waals surface area contributed by atoms with Gasteiger partial charge in [-0.3, -0.25) is 0 Å². The molecule has 1 saturated carbocycles. The lowest BCUT2D eigenvalue weighted by molar-refractivity contribution is -0.0344. The second kappa shape index (κ2) is 4.94. The van der Waals surface area contributed by atoms with Crippen LogP contribution in [0.2, 0.25) is 0 Å². The van der Waals surface area contributed by atoms with E-state index in [9.17, 15) is 4.79 Å². The zero-order chi connectivity index (χ0) is 10.5. The highest BCUT2D eigenvalue weighted by Gasteiger charge is 2.21. The predicted molar refractivity (Wildman–Crippen MR) is 55.4 cm³/mol. The molecule has 0 heterocycles. The van der Waals surface area contributed by atoms with Gasteiger partial charge in [0.2, 0.25) is 0 Å². The largest absolute Gasteiger partial charge is 0.435 e. The monoisotopic (exact) mass is 206 g/mol. The second-order valence-corrected chi connectivity index (χ2v) is 3.73. The van der Waals surface area contributed by atoms with Crippen LogP contribution < -0.4 is 0 Å². The summed E-state index contributed by atoms with van der Waals surface area (Å²) in [6, 6.07) is 8.93. The molecule has 0 aromatic heterocycles. The lowest BCUT2D eigenvalue weighted by atomic mass is 10.2. The summed E-state index contributed by atoms with van der Waals surface area (Å²) in [5.74, 6) is 0.367. The van der Waals surface area contributed by atoms with Crippen molar-refractivity contribution in [1.29, 1.82) is 0 Å². The van der Waals surface area contributed by atoms with E-state index in [1.54, 1.807) is 12.1 Å². The fourth-order valence-electron chi connectivity index (χ4n) is 1.25. The van der Waals surface area contributed by atoms with E-state index in [0.717, 1.165) is 0 Å². The smallest absolute Gasteiger partial charge is 0.340 e. The summed E-state index contributed by atoms with van der Waals surface area (Å²) in [5.41, 5.74) is 0.563. The molecule has 0 atom stereocenters. The zero-order valence-electron chi connectivity index (χ0n) is 8.52. The van der Waals surface area contributed by atoms with Crippen molar-refractivity contribution in [3.05, 3.63) is 35.9 Å². The summed E-state index contributed by atoms with van der Waals surface area (Å²) in [4.78, 5) is 11.4. The molecule has 1 aliphatic rings. The van der Waals surface area contributed by atoms with Crippen LogP contribution in [0.1, 0.15) is 23.2 Å². The van der Waals surface area contributed by atoms with Crippen LogP contribution in [0.15, 0.2) is 30.3 Å². The van der Waals surface area contributed by atoms with Gasteiger partial charge < -0.3 is 9.47 Å². The summed E-state index contributed by atoms with van der Waals surface area (Å²) < 4.78 is 10.2. The molecule has 3 nitrogen and oxygen atoms in total. The van der Waals surface area contributed by atoms with Gasteiger partial charge in [-0.05, 0) is 30.9 Å². The third-order valence-electron chi connectivity index (χ3n) is 2.33. The van der Waals surface area contributed by atoms with E-state index in [-0.39, 0.29) is 12.8 Å². The van der Waals surface area contributed by atoms with E-state index >= 15 is 0 Å². The van der Waals surface area contributed by atoms with Crippen molar-refractivity contribution >= 4 is 5.97 Å². The predicted octanol–water partition coefficient (Wildman–Crippen LogP) is 2.23. The highest BCUT2D eigenvalue weighted by atomic mass is 16.7. The van der Waals surface area contributed by atoms with Crippen LogP contribution in [0.25, 0.3) is 0 Å². The number of carbonyl (C=O) groups is 1. The first kappa shape index (κ1) is 10.2. The van der Waals surface area contributed by atoms with Crippen LogP contribution in [0.5, 0.6) is 0 Å². The second-order valence-electron chi connectivity index (χ2n) is 3.73. The van der Waals surface area contributed by atoms with Crippen molar-refractivity contribution in [2.24, 2.45) is 5.92 Å². The highest BCUT2D eigenvalue weighted by Crippen LogP contribution is 2.28. The first-order chi connectivity index (χ1) is 7.36. The van der Waals surface area contributed by atoms with Gasteiger partial charge in [0, 0.05) is 0 Å². The van der Waals surface area contributed by atoms with Crippen LogP contribution in [-0.4, -0.2) is 19.4 Å². The van der Waals surface area contributed by atoms with Crippen LogP contribution in [0, 0.1) is 5.92 Å². The van der Waals surface area contributed by atoms with Gasteiger partial charge in [0.15, 0.2) is 6.79 Å². The number of esters is 1.